The minimum Gasteiger partial charge on any atom is -0.478 e. The second kappa shape index (κ2) is 3.63. The molecule has 4 nitrogen and oxygen atoms in total. The molecule has 1 aromatic carbocycles. The molecule has 18 heavy (non-hydrogen) atoms. The van der Waals surface area contributed by atoms with Gasteiger partial charge in [-0.3, -0.25) is 4.79 Å². The Kier molecular flexibility index (Phi) is 2.30. The molecule has 2 aromatic rings. The molecule has 0 radical (unpaired) electrons. The molecule has 3 rings (SSSR count). The fourth-order valence-corrected chi connectivity index (χ4v) is 2.94. The molecule has 5 heteroatoms. The predicted molar refractivity (Wildman–Crippen MR) is 70.2 cm³/mol. The lowest BCUT2D eigenvalue weighted by Crippen LogP contribution is -2.19. The number of hydrogen-bond donors (Lipinski definition) is 2. The summed E-state index contributed by atoms with van der Waals surface area (Å²) in [4.78, 5) is 22.8. The topological polar surface area (TPSA) is 80.4 Å². The van der Waals surface area contributed by atoms with Gasteiger partial charge in [0.2, 0.25) is 5.43 Å². The van der Waals surface area contributed by atoms with Crippen molar-refractivity contribution in [1.29, 1.82) is 0 Å². The highest BCUT2D eigenvalue weighted by atomic mass is 32.1. The lowest BCUT2D eigenvalue weighted by Gasteiger charge is -2.09. The van der Waals surface area contributed by atoms with Gasteiger partial charge in [0, 0.05) is 21.0 Å². The Bertz CT molecular complexity index is 716. The van der Waals surface area contributed by atoms with Crippen LogP contribution >= 0.6 is 11.3 Å². The van der Waals surface area contributed by atoms with Crippen molar-refractivity contribution in [3.05, 3.63) is 44.9 Å². The zero-order valence-electron chi connectivity index (χ0n) is 9.47. The summed E-state index contributed by atoms with van der Waals surface area (Å²) in [6.45, 7) is 0. The van der Waals surface area contributed by atoms with Gasteiger partial charge in [0.25, 0.3) is 0 Å². The van der Waals surface area contributed by atoms with E-state index in [1.165, 1.54) is 16.7 Å². The predicted octanol–water partition coefficient (Wildman–Crippen LogP) is 1.91. The SMILES string of the molecule is NC1(c2ccc3c(=O)c(C(=O)O)csc3c2)CC1. The molecule has 1 heterocycles. The molecule has 0 amide bonds. The lowest BCUT2D eigenvalue weighted by atomic mass is 10.0. The highest BCUT2D eigenvalue weighted by Gasteiger charge is 2.40. The monoisotopic (exact) mass is 261 g/mol. The Hall–Kier alpha value is -1.72. The van der Waals surface area contributed by atoms with E-state index in [-0.39, 0.29) is 11.1 Å². The zero-order valence-corrected chi connectivity index (χ0v) is 10.3. The van der Waals surface area contributed by atoms with Crippen LogP contribution in [0.3, 0.4) is 0 Å². The highest BCUT2D eigenvalue weighted by Crippen LogP contribution is 2.43. The van der Waals surface area contributed by atoms with Gasteiger partial charge in [-0.05, 0) is 30.5 Å². The molecule has 0 spiro atoms. The van der Waals surface area contributed by atoms with Crippen molar-refractivity contribution < 1.29 is 9.90 Å². The van der Waals surface area contributed by atoms with Crippen molar-refractivity contribution in [3.8, 4) is 0 Å². The van der Waals surface area contributed by atoms with Gasteiger partial charge in [0.15, 0.2) is 0 Å². The van der Waals surface area contributed by atoms with E-state index in [1.807, 2.05) is 12.1 Å². The maximum absolute atomic E-state index is 11.9. The van der Waals surface area contributed by atoms with E-state index >= 15 is 0 Å². The van der Waals surface area contributed by atoms with Gasteiger partial charge in [0.05, 0.1) is 0 Å². The first-order chi connectivity index (χ1) is 8.51. The number of carboxylic acid groups (broad SMARTS) is 1. The van der Waals surface area contributed by atoms with Crippen molar-refractivity contribution in [1.82, 2.24) is 0 Å². The minimum atomic E-state index is -1.18. The fourth-order valence-electron chi connectivity index (χ4n) is 2.01. The van der Waals surface area contributed by atoms with Gasteiger partial charge >= 0.3 is 5.97 Å². The van der Waals surface area contributed by atoms with Crippen LogP contribution in [0.2, 0.25) is 0 Å². The van der Waals surface area contributed by atoms with E-state index in [1.54, 1.807) is 6.07 Å². The number of hydrogen-bond acceptors (Lipinski definition) is 4. The van der Waals surface area contributed by atoms with Gasteiger partial charge < -0.3 is 10.8 Å². The van der Waals surface area contributed by atoms with Crippen LogP contribution in [0.15, 0.2) is 28.4 Å². The largest absolute Gasteiger partial charge is 0.478 e. The van der Waals surface area contributed by atoms with Crippen LogP contribution in [0.5, 0.6) is 0 Å². The maximum Gasteiger partial charge on any atom is 0.340 e. The molecule has 0 saturated heterocycles. The van der Waals surface area contributed by atoms with Crippen LogP contribution in [0, 0.1) is 0 Å². The molecule has 0 bridgehead atoms. The summed E-state index contributed by atoms with van der Waals surface area (Å²) in [5.41, 5.74) is 6.29. The highest BCUT2D eigenvalue weighted by molar-refractivity contribution is 7.16. The third-order valence-corrected chi connectivity index (χ3v) is 4.31. The standard InChI is InChI=1S/C13H11NO3S/c14-13(3-4-13)7-1-2-8-10(5-7)18-6-9(11(8)15)12(16)17/h1-2,5-6H,3-4,14H2,(H,16,17). The zero-order chi connectivity index (χ0) is 12.9. The summed E-state index contributed by atoms with van der Waals surface area (Å²) in [5, 5.41) is 10.8. The van der Waals surface area contributed by atoms with Crippen LogP contribution in [-0.4, -0.2) is 11.1 Å². The van der Waals surface area contributed by atoms with E-state index in [0.29, 0.717) is 5.39 Å². The number of rotatable bonds is 2. The normalized spacial score (nSPS) is 16.7. The molecule has 1 saturated carbocycles. The Morgan fingerprint density at radius 1 is 1.39 bits per heavy atom. The van der Waals surface area contributed by atoms with E-state index < -0.39 is 11.4 Å². The number of fused-ring (bicyclic) bond motifs is 1. The van der Waals surface area contributed by atoms with Crippen molar-refractivity contribution in [3.63, 3.8) is 0 Å². The smallest absolute Gasteiger partial charge is 0.340 e. The summed E-state index contributed by atoms with van der Waals surface area (Å²) in [7, 11) is 0. The number of carbonyl (C=O) groups is 1. The van der Waals surface area contributed by atoms with Gasteiger partial charge in [-0.15, -0.1) is 11.3 Å². The summed E-state index contributed by atoms with van der Waals surface area (Å²) < 4.78 is 0.791. The molecule has 1 fully saturated rings. The van der Waals surface area contributed by atoms with Crippen LogP contribution in [0.4, 0.5) is 0 Å². The fraction of sp³-hybridized carbons (Fsp3) is 0.231. The van der Waals surface area contributed by atoms with Crippen molar-refractivity contribution >= 4 is 27.4 Å². The first-order valence-corrected chi connectivity index (χ1v) is 6.47. The Labute approximate surface area is 107 Å². The molecule has 0 unspecified atom stereocenters. The van der Waals surface area contributed by atoms with Crippen LogP contribution in [0.25, 0.3) is 10.1 Å². The van der Waals surface area contributed by atoms with Crippen LogP contribution in [0.1, 0.15) is 28.8 Å². The van der Waals surface area contributed by atoms with Crippen molar-refractivity contribution in [2.45, 2.75) is 18.4 Å². The average Bonchev–Trinajstić information content (AvgIpc) is 3.08. The van der Waals surface area contributed by atoms with Crippen LogP contribution < -0.4 is 11.2 Å². The third-order valence-electron chi connectivity index (χ3n) is 3.37. The average molecular weight is 261 g/mol. The maximum atomic E-state index is 11.9. The number of benzene rings is 1. The lowest BCUT2D eigenvalue weighted by molar-refractivity contribution is 0.0696. The summed E-state index contributed by atoms with van der Waals surface area (Å²) in [5.74, 6) is -1.18. The second-order valence-corrected chi connectivity index (χ2v) is 5.56. The van der Waals surface area contributed by atoms with E-state index in [9.17, 15) is 9.59 Å². The molecule has 3 N–H and O–H groups in total. The van der Waals surface area contributed by atoms with Crippen molar-refractivity contribution in [2.24, 2.45) is 5.73 Å². The molecule has 1 aliphatic carbocycles. The first kappa shape index (κ1) is 11.4. The van der Waals surface area contributed by atoms with Crippen LogP contribution in [-0.2, 0) is 5.54 Å². The molecule has 92 valence electrons. The first-order valence-electron chi connectivity index (χ1n) is 5.59. The molecular weight excluding hydrogens is 250 g/mol. The summed E-state index contributed by atoms with van der Waals surface area (Å²) >= 11 is 1.27. The molecular formula is C13H11NO3S. The molecule has 1 aromatic heterocycles. The summed E-state index contributed by atoms with van der Waals surface area (Å²) in [6, 6.07) is 5.41. The molecule has 0 atom stereocenters. The van der Waals surface area contributed by atoms with Gasteiger partial charge in [-0.25, -0.2) is 4.79 Å². The van der Waals surface area contributed by atoms with Gasteiger partial charge in [-0.1, -0.05) is 6.07 Å². The van der Waals surface area contributed by atoms with Crippen molar-refractivity contribution in [2.75, 3.05) is 0 Å². The van der Waals surface area contributed by atoms with Gasteiger partial charge in [-0.2, -0.15) is 0 Å². The van der Waals surface area contributed by atoms with E-state index in [2.05, 4.69) is 0 Å². The van der Waals surface area contributed by atoms with E-state index in [4.69, 9.17) is 10.8 Å². The Balaban J connectivity index is 2.23. The molecule has 0 aliphatic heterocycles. The number of carboxylic acids is 1. The van der Waals surface area contributed by atoms with Gasteiger partial charge in [0.1, 0.15) is 5.56 Å². The number of nitrogens with two attached hydrogens (primary N) is 1. The Morgan fingerprint density at radius 3 is 2.72 bits per heavy atom. The quantitative estimate of drug-likeness (QED) is 0.865. The Morgan fingerprint density at radius 2 is 2.11 bits per heavy atom. The number of aromatic carboxylic acids is 1. The molecule has 1 aliphatic rings. The summed E-state index contributed by atoms with van der Waals surface area (Å²) in [6.07, 6.45) is 1.92. The van der Waals surface area contributed by atoms with E-state index in [0.717, 1.165) is 23.1 Å². The third kappa shape index (κ3) is 1.63. The minimum absolute atomic E-state index is 0.172. The second-order valence-electron chi connectivity index (χ2n) is 4.65.